The molecule has 0 fully saturated rings. The number of rotatable bonds is 2. The first-order valence-electron chi connectivity index (χ1n) is 3.66. The lowest BCUT2D eigenvalue weighted by molar-refractivity contribution is -0.274. The van der Waals surface area contributed by atoms with Gasteiger partial charge in [0.2, 0.25) is 0 Å². The molecule has 0 spiro atoms. The summed E-state index contributed by atoms with van der Waals surface area (Å²) in [6.07, 6.45) is -3.24. The number of alkyl halides is 4. The van der Waals surface area contributed by atoms with Crippen LogP contribution in [0.15, 0.2) is 12.4 Å². The molecule has 0 saturated carbocycles. The number of pyridine rings is 1. The molecule has 0 aliphatic heterocycles. The van der Waals surface area contributed by atoms with Crippen molar-refractivity contribution < 1.29 is 22.3 Å². The fraction of sp³-hybridized carbons (Fsp3) is 0.250. The van der Waals surface area contributed by atoms with Gasteiger partial charge in [0.05, 0.1) is 6.20 Å². The van der Waals surface area contributed by atoms with Crippen LogP contribution in [0.5, 0.6) is 5.75 Å². The molecule has 1 rings (SSSR count). The Morgan fingerprint density at radius 2 is 2.07 bits per heavy atom. The maximum atomic E-state index is 12.3. The lowest BCUT2D eigenvalue weighted by Crippen LogP contribution is -2.18. The summed E-state index contributed by atoms with van der Waals surface area (Å²) in [7, 11) is 0. The number of aromatic nitrogens is 1. The molecule has 3 nitrogen and oxygen atoms in total. The average molecular weight is 220 g/mol. The van der Waals surface area contributed by atoms with Crippen molar-refractivity contribution in [3.8, 4) is 11.8 Å². The van der Waals surface area contributed by atoms with Gasteiger partial charge in [-0.1, -0.05) is 0 Å². The maximum Gasteiger partial charge on any atom is 0.573 e. The fourth-order valence-corrected chi connectivity index (χ4v) is 0.913. The highest BCUT2D eigenvalue weighted by molar-refractivity contribution is 5.46. The average Bonchev–Trinajstić information content (AvgIpc) is 2.15. The molecular formula is C8H4F4N2O. The molecule has 80 valence electrons. The van der Waals surface area contributed by atoms with E-state index in [1.165, 1.54) is 6.07 Å². The smallest absolute Gasteiger partial charge is 0.403 e. The van der Waals surface area contributed by atoms with Gasteiger partial charge in [-0.2, -0.15) is 5.26 Å². The molecule has 0 aliphatic carbocycles. The van der Waals surface area contributed by atoms with E-state index in [4.69, 9.17) is 5.26 Å². The van der Waals surface area contributed by atoms with Crippen molar-refractivity contribution in [2.24, 2.45) is 0 Å². The van der Waals surface area contributed by atoms with Gasteiger partial charge in [-0.3, -0.25) is 4.98 Å². The largest absolute Gasteiger partial charge is 0.573 e. The van der Waals surface area contributed by atoms with Gasteiger partial charge in [-0.25, -0.2) is 4.39 Å². The molecule has 0 N–H and O–H groups in total. The summed E-state index contributed by atoms with van der Waals surface area (Å²) in [6, 6.07) is 1.43. The second kappa shape index (κ2) is 4.13. The van der Waals surface area contributed by atoms with E-state index in [1.807, 2.05) is 0 Å². The molecule has 1 aromatic rings. The zero-order chi connectivity index (χ0) is 11.5. The summed E-state index contributed by atoms with van der Waals surface area (Å²) >= 11 is 0. The Hall–Kier alpha value is -1.84. The predicted octanol–water partition coefficient (Wildman–Crippen LogP) is 2.32. The summed E-state index contributed by atoms with van der Waals surface area (Å²) < 4.78 is 51.3. The number of halogens is 4. The molecule has 7 heteroatoms. The van der Waals surface area contributed by atoms with Gasteiger partial charge in [0.25, 0.3) is 0 Å². The normalized spacial score (nSPS) is 10.9. The standard InChI is InChI=1S/C8H4F4N2O/c9-1-5-3-14-4-7(6(5)2-13)15-8(10,11)12/h3-4H,1H2. The minimum atomic E-state index is -4.93. The number of hydrogen-bond acceptors (Lipinski definition) is 3. The summed E-state index contributed by atoms with van der Waals surface area (Å²) in [4.78, 5) is 3.33. The lowest BCUT2D eigenvalue weighted by Gasteiger charge is -2.10. The molecule has 0 bridgehead atoms. The second-order valence-electron chi connectivity index (χ2n) is 2.46. The zero-order valence-corrected chi connectivity index (χ0v) is 7.18. The van der Waals surface area contributed by atoms with Gasteiger partial charge in [0.1, 0.15) is 18.3 Å². The minimum absolute atomic E-state index is 0.237. The van der Waals surface area contributed by atoms with Gasteiger partial charge in [0, 0.05) is 11.8 Å². The van der Waals surface area contributed by atoms with Crippen LogP contribution in [-0.4, -0.2) is 11.3 Å². The van der Waals surface area contributed by atoms with Crippen LogP contribution in [0.2, 0.25) is 0 Å². The van der Waals surface area contributed by atoms with Crippen LogP contribution in [0.25, 0.3) is 0 Å². The molecule has 0 aliphatic rings. The van der Waals surface area contributed by atoms with E-state index in [9.17, 15) is 17.6 Å². The third kappa shape index (κ3) is 2.80. The van der Waals surface area contributed by atoms with Crippen molar-refractivity contribution in [2.75, 3.05) is 0 Å². The Labute approximate surface area is 81.9 Å². The molecule has 1 heterocycles. The number of hydrogen-bond donors (Lipinski definition) is 0. The fourth-order valence-electron chi connectivity index (χ4n) is 0.913. The highest BCUT2D eigenvalue weighted by Gasteiger charge is 2.32. The quantitative estimate of drug-likeness (QED) is 0.718. The SMILES string of the molecule is N#Cc1c(CF)cncc1OC(F)(F)F. The van der Waals surface area contributed by atoms with Crippen molar-refractivity contribution in [3.05, 3.63) is 23.5 Å². The van der Waals surface area contributed by atoms with Crippen LogP contribution < -0.4 is 4.74 Å². The monoisotopic (exact) mass is 220 g/mol. The van der Waals surface area contributed by atoms with Gasteiger partial charge >= 0.3 is 6.36 Å². The van der Waals surface area contributed by atoms with Crippen molar-refractivity contribution in [2.45, 2.75) is 13.0 Å². The molecule has 0 radical (unpaired) electrons. The summed E-state index contributed by atoms with van der Waals surface area (Å²) in [5, 5.41) is 8.54. The third-order valence-electron chi connectivity index (χ3n) is 1.47. The van der Waals surface area contributed by atoms with E-state index in [0.717, 1.165) is 6.20 Å². The van der Waals surface area contributed by atoms with Crippen LogP contribution in [-0.2, 0) is 6.67 Å². The third-order valence-corrected chi connectivity index (χ3v) is 1.47. The molecule has 15 heavy (non-hydrogen) atoms. The Morgan fingerprint density at radius 1 is 1.40 bits per heavy atom. The van der Waals surface area contributed by atoms with Crippen molar-refractivity contribution in [1.29, 1.82) is 5.26 Å². The number of ether oxygens (including phenoxy) is 1. The molecule has 0 unspecified atom stereocenters. The molecule has 0 saturated heterocycles. The minimum Gasteiger partial charge on any atom is -0.403 e. The Bertz CT molecular complexity index is 397. The van der Waals surface area contributed by atoms with Crippen molar-refractivity contribution in [3.63, 3.8) is 0 Å². The van der Waals surface area contributed by atoms with E-state index in [1.54, 1.807) is 0 Å². The van der Waals surface area contributed by atoms with E-state index < -0.39 is 24.3 Å². The second-order valence-corrected chi connectivity index (χ2v) is 2.46. The topological polar surface area (TPSA) is 45.9 Å². The number of nitriles is 1. The molecule has 0 amide bonds. The van der Waals surface area contributed by atoms with Crippen LogP contribution in [0, 0.1) is 11.3 Å². The highest BCUT2D eigenvalue weighted by Crippen LogP contribution is 2.27. The summed E-state index contributed by atoms with van der Waals surface area (Å²) in [5.41, 5.74) is -0.732. The first-order chi connectivity index (χ1) is 6.98. The van der Waals surface area contributed by atoms with Crippen LogP contribution in [0.1, 0.15) is 11.1 Å². The van der Waals surface area contributed by atoms with Gasteiger partial charge in [0.15, 0.2) is 5.75 Å². The van der Waals surface area contributed by atoms with Crippen molar-refractivity contribution >= 4 is 0 Å². The highest BCUT2D eigenvalue weighted by atomic mass is 19.4. The van der Waals surface area contributed by atoms with E-state index in [0.29, 0.717) is 6.20 Å². The Balaban J connectivity index is 3.14. The van der Waals surface area contributed by atoms with Gasteiger partial charge in [-0.05, 0) is 0 Å². The van der Waals surface area contributed by atoms with Gasteiger partial charge < -0.3 is 4.74 Å². The summed E-state index contributed by atoms with van der Waals surface area (Å²) in [6.45, 7) is -1.08. The van der Waals surface area contributed by atoms with Crippen LogP contribution in [0.3, 0.4) is 0 Å². The van der Waals surface area contributed by atoms with Crippen molar-refractivity contribution in [1.82, 2.24) is 4.98 Å². The van der Waals surface area contributed by atoms with E-state index in [2.05, 4.69) is 9.72 Å². The first-order valence-corrected chi connectivity index (χ1v) is 3.66. The van der Waals surface area contributed by atoms with Crippen LogP contribution >= 0.6 is 0 Å². The zero-order valence-electron chi connectivity index (χ0n) is 7.18. The first kappa shape index (κ1) is 11.2. The number of nitrogens with zero attached hydrogens (tertiary/aromatic N) is 2. The predicted molar refractivity (Wildman–Crippen MR) is 40.4 cm³/mol. The lowest BCUT2D eigenvalue weighted by atomic mass is 10.1. The van der Waals surface area contributed by atoms with Crippen LogP contribution in [0.4, 0.5) is 17.6 Å². The molecular weight excluding hydrogens is 216 g/mol. The van der Waals surface area contributed by atoms with E-state index in [-0.39, 0.29) is 5.56 Å². The van der Waals surface area contributed by atoms with Gasteiger partial charge in [-0.15, -0.1) is 13.2 Å². The molecule has 1 aromatic heterocycles. The Morgan fingerprint density at radius 3 is 2.53 bits per heavy atom. The maximum absolute atomic E-state index is 12.3. The Kier molecular flexibility index (Phi) is 3.09. The van der Waals surface area contributed by atoms with E-state index >= 15 is 0 Å². The molecule has 0 atom stereocenters. The molecule has 0 aromatic carbocycles. The summed E-state index contributed by atoms with van der Waals surface area (Å²) in [5.74, 6) is -0.792.